The van der Waals surface area contributed by atoms with Gasteiger partial charge in [-0.05, 0) is 41.7 Å². The van der Waals surface area contributed by atoms with Crippen molar-refractivity contribution in [3.63, 3.8) is 0 Å². The summed E-state index contributed by atoms with van der Waals surface area (Å²) in [5.74, 6) is 0.609. The molecule has 0 aliphatic rings. The highest BCUT2D eigenvalue weighted by Crippen LogP contribution is 2.19. The summed E-state index contributed by atoms with van der Waals surface area (Å²) in [7, 11) is 0. The molecule has 0 saturated heterocycles. The Balaban J connectivity index is 1.82. The Bertz CT molecular complexity index is 1100. The number of carbonyl (C=O) groups excluding carboxylic acids is 2. The molecule has 1 N–H and O–H groups in total. The molecule has 0 aromatic heterocycles. The quantitative estimate of drug-likeness (QED) is 0.339. The summed E-state index contributed by atoms with van der Waals surface area (Å²) >= 11 is 1.47. The van der Waals surface area contributed by atoms with Gasteiger partial charge in [0.05, 0.1) is 5.75 Å². The van der Waals surface area contributed by atoms with E-state index in [0.29, 0.717) is 31.2 Å². The van der Waals surface area contributed by atoms with E-state index >= 15 is 0 Å². The minimum atomic E-state index is -0.633. The van der Waals surface area contributed by atoms with Crippen molar-refractivity contribution in [3.8, 4) is 0 Å². The van der Waals surface area contributed by atoms with Crippen molar-refractivity contribution >= 4 is 23.6 Å². The Kier molecular flexibility index (Phi) is 10.6. The van der Waals surface area contributed by atoms with Gasteiger partial charge in [-0.2, -0.15) is 0 Å². The van der Waals surface area contributed by atoms with Crippen LogP contribution in [0.25, 0.3) is 0 Å². The summed E-state index contributed by atoms with van der Waals surface area (Å²) in [6.07, 6.45) is 0.436. The molecule has 190 valence electrons. The van der Waals surface area contributed by atoms with Crippen molar-refractivity contribution in [3.05, 3.63) is 107 Å². The van der Waals surface area contributed by atoms with Crippen LogP contribution < -0.4 is 5.32 Å². The molecule has 0 bridgehead atoms. The number of nitrogens with zero attached hydrogens (tertiary/aromatic N) is 1. The van der Waals surface area contributed by atoms with Crippen LogP contribution in [0.5, 0.6) is 0 Å². The fraction of sp³-hybridized carbons (Fsp3) is 0.333. The predicted molar refractivity (Wildman–Crippen MR) is 146 cm³/mol. The number of thioether (sulfide) groups is 1. The number of aryl methyl sites for hydroxylation is 1. The van der Waals surface area contributed by atoms with E-state index in [4.69, 9.17) is 0 Å². The maximum Gasteiger partial charge on any atom is 0.243 e. The number of nitrogens with one attached hydrogen (secondary N) is 1. The van der Waals surface area contributed by atoms with Gasteiger partial charge in [-0.25, -0.2) is 4.39 Å². The van der Waals surface area contributed by atoms with E-state index in [0.717, 1.165) is 22.3 Å². The van der Waals surface area contributed by atoms with E-state index in [1.807, 2.05) is 75.4 Å². The monoisotopic (exact) mass is 506 g/mol. The largest absolute Gasteiger partial charge is 0.354 e. The Morgan fingerprint density at radius 3 is 2.17 bits per heavy atom. The molecule has 0 heterocycles. The van der Waals surface area contributed by atoms with E-state index in [1.54, 1.807) is 17.0 Å². The van der Waals surface area contributed by atoms with Crippen molar-refractivity contribution in [2.24, 2.45) is 5.92 Å². The fourth-order valence-electron chi connectivity index (χ4n) is 3.79. The van der Waals surface area contributed by atoms with Gasteiger partial charge in [0.15, 0.2) is 0 Å². The number of benzene rings is 3. The van der Waals surface area contributed by atoms with Gasteiger partial charge >= 0.3 is 0 Å². The first-order valence-corrected chi connectivity index (χ1v) is 13.5. The van der Waals surface area contributed by atoms with E-state index in [1.165, 1.54) is 23.9 Å². The third-order valence-electron chi connectivity index (χ3n) is 5.84. The lowest BCUT2D eigenvalue weighted by Crippen LogP contribution is -2.51. The molecule has 0 aliphatic carbocycles. The minimum Gasteiger partial charge on any atom is -0.354 e. The topological polar surface area (TPSA) is 49.4 Å². The van der Waals surface area contributed by atoms with Crippen molar-refractivity contribution in [1.82, 2.24) is 10.2 Å². The Morgan fingerprint density at radius 2 is 1.53 bits per heavy atom. The van der Waals surface area contributed by atoms with Gasteiger partial charge in [-0.3, -0.25) is 9.59 Å². The Hall–Kier alpha value is -3.12. The molecule has 4 nitrogen and oxygen atoms in total. The third-order valence-corrected chi connectivity index (χ3v) is 6.83. The van der Waals surface area contributed by atoms with Gasteiger partial charge < -0.3 is 10.2 Å². The zero-order valence-corrected chi connectivity index (χ0v) is 22.1. The molecule has 2 amide bonds. The fourth-order valence-corrected chi connectivity index (χ4v) is 4.66. The van der Waals surface area contributed by atoms with Gasteiger partial charge in [0.2, 0.25) is 11.8 Å². The van der Waals surface area contributed by atoms with Crippen molar-refractivity contribution < 1.29 is 14.0 Å². The molecule has 6 heteroatoms. The van der Waals surface area contributed by atoms with Crippen molar-refractivity contribution in [2.75, 3.05) is 12.3 Å². The average Bonchev–Trinajstić information content (AvgIpc) is 2.87. The number of hydrogen-bond donors (Lipinski definition) is 1. The van der Waals surface area contributed by atoms with Crippen molar-refractivity contribution in [1.29, 1.82) is 0 Å². The molecule has 1 atom stereocenters. The third kappa shape index (κ3) is 8.83. The first kappa shape index (κ1) is 27.5. The molecule has 0 fully saturated rings. The Labute approximate surface area is 218 Å². The van der Waals surface area contributed by atoms with Crippen LogP contribution in [-0.2, 0) is 28.3 Å². The van der Waals surface area contributed by atoms with Crippen LogP contribution in [-0.4, -0.2) is 35.1 Å². The normalized spacial score (nSPS) is 11.8. The predicted octanol–water partition coefficient (Wildman–Crippen LogP) is 5.78. The van der Waals surface area contributed by atoms with Gasteiger partial charge in [0.1, 0.15) is 11.9 Å². The zero-order chi connectivity index (χ0) is 25.9. The van der Waals surface area contributed by atoms with Crippen molar-refractivity contribution in [2.45, 2.75) is 45.5 Å². The first-order chi connectivity index (χ1) is 17.3. The van der Waals surface area contributed by atoms with Gasteiger partial charge in [-0.15, -0.1) is 11.8 Å². The van der Waals surface area contributed by atoms with E-state index in [-0.39, 0.29) is 23.4 Å². The van der Waals surface area contributed by atoms with Crippen LogP contribution in [0.3, 0.4) is 0 Å². The second-order valence-corrected chi connectivity index (χ2v) is 10.5. The molecule has 3 rings (SSSR count). The van der Waals surface area contributed by atoms with E-state index in [2.05, 4.69) is 5.32 Å². The van der Waals surface area contributed by atoms with E-state index < -0.39 is 6.04 Å². The van der Waals surface area contributed by atoms with Crippen LogP contribution in [0.15, 0.2) is 78.9 Å². The van der Waals surface area contributed by atoms with Gasteiger partial charge in [-0.1, -0.05) is 86.1 Å². The summed E-state index contributed by atoms with van der Waals surface area (Å²) in [6, 6.07) is 23.5. The summed E-state index contributed by atoms with van der Waals surface area (Å²) in [6.45, 7) is 7.02. The second-order valence-electron chi connectivity index (χ2n) is 9.47. The highest BCUT2D eigenvalue weighted by Gasteiger charge is 2.30. The molecule has 3 aromatic carbocycles. The molecular weight excluding hydrogens is 471 g/mol. The average molecular weight is 507 g/mol. The minimum absolute atomic E-state index is 0.0942. The standard InChI is InChI=1S/C30H35FN2O2S/c1-22(2)18-32-30(35)28(17-24-7-5-4-6-8-24)33(19-25-11-9-23(3)10-12-25)29(34)21-36-20-26-13-15-27(31)16-14-26/h4-16,22,28H,17-21H2,1-3H3,(H,32,35). The number of carbonyl (C=O) groups is 2. The molecule has 1 unspecified atom stereocenters. The van der Waals surface area contributed by atoms with Gasteiger partial charge in [0.25, 0.3) is 0 Å². The Morgan fingerprint density at radius 1 is 0.889 bits per heavy atom. The zero-order valence-electron chi connectivity index (χ0n) is 21.2. The number of rotatable bonds is 12. The summed E-state index contributed by atoms with van der Waals surface area (Å²) in [5.41, 5.74) is 4.08. The second kappa shape index (κ2) is 13.8. The summed E-state index contributed by atoms with van der Waals surface area (Å²) in [5, 5.41) is 3.04. The summed E-state index contributed by atoms with van der Waals surface area (Å²) < 4.78 is 13.2. The molecule has 0 radical (unpaired) electrons. The molecule has 36 heavy (non-hydrogen) atoms. The molecule has 0 saturated carbocycles. The molecule has 0 spiro atoms. The molecule has 3 aromatic rings. The first-order valence-electron chi connectivity index (χ1n) is 12.3. The lowest BCUT2D eigenvalue weighted by molar-refractivity contribution is -0.139. The highest BCUT2D eigenvalue weighted by atomic mass is 32.2. The van der Waals surface area contributed by atoms with Crippen LogP contribution in [0.4, 0.5) is 4.39 Å². The highest BCUT2D eigenvalue weighted by molar-refractivity contribution is 7.99. The lowest BCUT2D eigenvalue weighted by Gasteiger charge is -2.32. The van der Waals surface area contributed by atoms with E-state index in [9.17, 15) is 14.0 Å². The maximum atomic E-state index is 13.6. The molecular formula is C30H35FN2O2S. The van der Waals surface area contributed by atoms with Crippen LogP contribution in [0.1, 0.15) is 36.1 Å². The SMILES string of the molecule is Cc1ccc(CN(C(=O)CSCc2ccc(F)cc2)C(Cc2ccccc2)C(=O)NCC(C)C)cc1. The smallest absolute Gasteiger partial charge is 0.243 e. The molecule has 0 aliphatic heterocycles. The lowest BCUT2D eigenvalue weighted by atomic mass is 10.0. The van der Waals surface area contributed by atoms with Crippen LogP contribution in [0, 0.1) is 18.7 Å². The van der Waals surface area contributed by atoms with Crippen LogP contribution >= 0.6 is 11.8 Å². The number of amides is 2. The van der Waals surface area contributed by atoms with Crippen LogP contribution in [0.2, 0.25) is 0 Å². The number of halogens is 1. The maximum absolute atomic E-state index is 13.6. The number of hydrogen-bond acceptors (Lipinski definition) is 3. The summed E-state index contributed by atoms with van der Waals surface area (Å²) in [4.78, 5) is 28.7. The van der Waals surface area contributed by atoms with Gasteiger partial charge in [0, 0.05) is 25.3 Å².